The zero-order valence-corrected chi connectivity index (χ0v) is 9.31. The lowest BCUT2D eigenvalue weighted by Crippen LogP contribution is -2.43. The predicted molar refractivity (Wildman–Crippen MR) is 48.1 cm³/mol. The van der Waals surface area contributed by atoms with Crippen LogP contribution in [0.1, 0.15) is 6.42 Å². The standard InChI is InChI=1S/C6H13NO6Si/c1-10-14(11-2,12-3)5-4-6(8)13-7-9/h4-5H2,1-3H3. The van der Waals surface area contributed by atoms with E-state index in [1.54, 1.807) is 0 Å². The van der Waals surface area contributed by atoms with E-state index >= 15 is 0 Å². The molecule has 0 aliphatic carbocycles. The molecule has 0 saturated carbocycles. The Kier molecular flexibility index (Phi) is 6.20. The Hall–Kier alpha value is -0.833. The largest absolute Gasteiger partial charge is 0.500 e. The van der Waals surface area contributed by atoms with Gasteiger partial charge in [-0.25, -0.2) is 4.79 Å². The third-order valence-electron chi connectivity index (χ3n) is 1.71. The molecule has 14 heavy (non-hydrogen) atoms. The molecule has 0 aliphatic heterocycles. The van der Waals surface area contributed by atoms with E-state index in [0.717, 1.165) is 0 Å². The highest BCUT2D eigenvalue weighted by Gasteiger charge is 2.38. The first-order valence-electron chi connectivity index (χ1n) is 3.82. The maximum absolute atomic E-state index is 10.8. The first-order valence-corrected chi connectivity index (χ1v) is 5.75. The Balaban J connectivity index is 4.05. The average molecular weight is 223 g/mol. The fourth-order valence-electron chi connectivity index (χ4n) is 0.899. The summed E-state index contributed by atoms with van der Waals surface area (Å²) in [5.74, 6) is -0.733. The molecule has 0 aromatic carbocycles. The van der Waals surface area contributed by atoms with E-state index in [4.69, 9.17) is 13.3 Å². The molecule has 0 unspecified atom stereocenters. The Bertz CT molecular complexity index is 186. The van der Waals surface area contributed by atoms with Crippen LogP contribution in [0.2, 0.25) is 6.04 Å². The van der Waals surface area contributed by atoms with Crippen molar-refractivity contribution < 1.29 is 22.9 Å². The van der Waals surface area contributed by atoms with E-state index in [-0.39, 0.29) is 12.5 Å². The molecule has 0 N–H and O–H groups in total. The van der Waals surface area contributed by atoms with Crippen molar-refractivity contribution in [2.24, 2.45) is 5.34 Å². The van der Waals surface area contributed by atoms with Crippen LogP contribution in [0.5, 0.6) is 0 Å². The zero-order chi connectivity index (χ0) is 11.0. The normalized spacial score (nSPS) is 11.1. The van der Waals surface area contributed by atoms with Crippen molar-refractivity contribution in [1.82, 2.24) is 0 Å². The van der Waals surface area contributed by atoms with Crippen LogP contribution >= 0.6 is 0 Å². The Labute approximate surface area is 82.6 Å². The number of hydrogen-bond donors (Lipinski definition) is 0. The van der Waals surface area contributed by atoms with Gasteiger partial charge in [0.15, 0.2) is 5.34 Å². The molecule has 0 saturated heterocycles. The lowest BCUT2D eigenvalue weighted by molar-refractivity contribution is -0.143. The number of nitrogens with zero attached hydrogens (tertiary/aromatic N) is 1. The summed E-state index contributed by atoms with van der Waals surface area (Å²) in [5.41, 5.74) is 0. The minimum absolute atomic E-state index is 0.0342. The number of carbonyl (C=O) groups is 1. The summed E-state index contributed by atoms with van der Waals surface area (Å²) in [4.78, 5) is 24.2. The monoisotopic (exact) mass is 223 g/mol. The fourth-order valence-corrected chi connectivity index (χ4v) is 2.52. The van der Waals surface area contributed by atoms with Crippen molar-refractivity contribution in [2.45, 2.75) is 12.5 Å². The smallest absolute Gasteiger partial charge is 0.377 e. The van der Waals surface area contributed by atoms with Crippen molar-refractivity contribution in [3.8, 4) is 0 Å². The highest BCUT2D eigenvalue weighted by molar-refractivity contribution is 6.60. The van der Waals surface area contributed by atoms with Gasteiger partial charge in [0.1, 0.15) is 0 Å². The third-order valence-corrected chi connectivity index (χ3v) is 4.44. The summed E-state index contributed by atoms with van der Waals surface area (Å²) in [6.07, 6.45) is -0.0342. The summed E-state index contributed by atoms with van der Waals surface area (Å²) in [5, 5.41) is 2.01. The van der Waals surface area contributed by atoms with Crippen molar-refractivity contribution in [3.05, 3.63) is 4.91 Å². The molecule has 0 fully saturated rings. The molecule has 0 spiro atoms. The van der Waals surface area contributed by atoms with Crippen LogP contribution in [0, 0.1) is 4.91 Å². The highest BCUT2D eigenvalue weighted by Crippen LogP contribution is 2.15. The minimum Gasteiger partial charge on any atom is -0.377 e. The quantitative estimate of drug-likeness (QED) is 0.354. The SMILES string of the molecule is CO[Si](CCC(=O)ON=O)(OC)OC. The second-order valence-electron chi connectivity index (χ2n) is 2.33. The second-order valence-corrected chi connectivity index (χ2v) is 5.42. The molecule has 0 bridgehead atoms. The van der Waals surface area contributed by atoms with E-state index in [1.807, 2.05) is 5.34 Å². The first-order chi connectivity index (χ1) is 6.64. The van der Waals surface area contributed by atoms with Crippen LogP contribution in [0.4, 0.5) is 0 Å². The van der Waals surface area contributed by atoms with Gasteiger partial charge < -0.3 is 13.3 Å². The molecule has 0 aliphatic rings. The molecule has 0 rings (SSSR count). The molecular formula is C6H13NO6Si. The second kappa shape index (κ2) is 6.60. The molecular weight excluding hydrogens is 210 g/mol. The maximum Gasteiger partial charge on any atom is 0.500 e. The number of hydrogen-bond acceptors (Lipinski definition) is 7. The van der Waals surface area contributed by atoms with E-state index in [0.29, 0.717) is 0 Å². The Morgan fingerprint density at radius 3 is 2.07 bits per heavy atom. The van der Waals surface area contributed by atoms with E-state index < -0.39 is 14.8 Å². The van der Waals surface area contributed by atoms with E-state index in [1.165, 1.54) is 21.3 Å². The summed E-state index contributed by atoms with van der Waals surface area (Å²) < 4.78 is 15.1. The summed E-state index contributed by atoms with van der Waals surface area (Å²) in [6, 6.07) is 0.241. The molecule has 8 heteroatoms. The molecule has 0 aromatic rings. The fraction of sp³-hybridized carbons (Fsp3) is 0.833. The summed E-state index contributed by atoms with van der Waals surface area (Å²) >= 11 is 0. The zero-order valence-electron chi connectivity index (χ0n) is 8.31. The van der Waals surface area contributed by atoms with Gasteiger partial charge in [-0.05, 0) is 0 Å². The Morgan fingerprint density at radius 2 is 1.71 bits per heavy atom. The minimum atomic E-state index is -2.75. The van der Waals surface area contributed by atoms with Crippen LogP contribution in [0.15, 0.2) is 5.34 Å². The van der Waals surface area contributed by atoms with Crippen LogP contribution in [-0.4, -0.2) is 36.1 Å². The molecule has 82 valence electrons. The topological polar surface area (TPSA) is 83.4 Å². The lowest BCUT2D eigenvalue weighted by atomic mass is 10.5. The first kappa shape index (κ1) is 13.2. The predicted octanol–water partition coefficient (Wildman–Crippen LogP) is 0.479. The van der Waals surface area contributed by atoms with Gasteiger partial charge in [0.05, 0.1) is 6.42 Å². The van der Waals surface area contributed by atoms with Gasteiger partial charge in [-0.1, -0.05) is 0 Å². The third kappa shape index (κ3) is 3.92. The molecule has 0 radical (unpaired) electrons. The van der Waals surface area contributed by atoms with Crippen molar-refractivity contribution in [3.63, 3.8) is 0 Å². The van der Waals surface area contributed by atoms with E-state index in [9.17, 15) is 9.70 Å². The van der Waals surface area contributed by atoms with Crippen molar-refractivity contribution in [2.75, 3.05) is 21.3 Å². The molecule has 7 nitrogen and oxygen atoms in total. The van der Waals surface area contributed by atoms with Crippen molar-refractivity contribution >= 4 is 14.8 Å². The molecule has 0 amide bonds. The van der Waals surface area contributed by atoms with Crippen LogP contribution in [-0.2, 0) is 22.9 Å². The van der Waals surface area contributed by atoms with Gasteiger partial charge in [-0.2, -0.15) is 0 Å². The van der Waals surface area contributed by atoms with Gasteiger partial charge in [0.2, 0.25) is 0 Å². The van der Waals surface area contributed by atoms with Gasteiger partial charge in [0.25, 0.3) is 0 Å². The van der Waals surface area contributed by atoms with Crippen LogP contribution in [0.3, 0.4) is 0 Å². The van der Waals surface area contributed by atoms with Gasteiger partial charge in [-0.15, -0.1) is 4.91 Å². The summed E-state index contributed by atoms with van der Waals surface area (Å²) in [7, 11) is 1.55. The van der Waals surface area contributed by atoms with Crippen LogP contribution in [0.25, 0.3) is 0 Å². The molecule has 0 atom stereocenters. The van der Waals surface area contributed by atoms with Gasteiger partial charge >= 0.3 is 14.8 Å². The highest BCUT2D eigenvalue weighted by atomic mass is 28.4. The lowest BCUT2D eigenvalue weighted by Gasteiger charge is -2.23. The molecule has 0 heterocycles. The Morgan fingerprint density at radius 1 is 1.21 bits per heavy atom. The van der Waals surface area contributed by atoms with Crippen molar-refractivity contribution in [1.29, 1.82) is 0 Å². The number of rotatable bonds is 7. The van der Waals surface area contributed by atoms with Gasteiger partial charge in [-0.3, -0.25) is 4.84 Å². The average Bonchev–Trinajstić information content (AvgIpc) is 2.21. The molecule has 0 aromatic heterocycles. The van der Waals surface area contributed by atoms with E-state index in [2.05, 4.69) is 4.84 Å². The van der Waals surface area contributed by atoms with Crippen LogP contribution < -0.4 is 0 Å². The van der Waals surface area contributed by atoms with Gasteiger partial charge in [0, 0.05) is 27.4 Å². The maximum atomic E-state index is 10.8. The number of carbonyl (C=O) groups excluding carboxylic acids is 1. The summed E-state index contributed by atoms with van der Waals surface area (Å²) in [6.45, 7) is 0.